The van der Waals surface area contributed by atoms with Crippen molar-refractivity contribution in [2.75, 3.05) is 6.61 Å². The maximum absolute atomic E-state index is 11.0. The van der Waals surface area contributed by atoms with Crippen molar-refractivity contribution in [1.82, 2.24) is 0 Å². The molecule has 0 aromatic heterocycles. The second kappa shape index (κ2) is 7.79. The van der Waals surface area contributed by atoms with Gasteiger partial charge in [-0.25, -0.2) is 9.59 Å². The molecule has 0 aliphatic rings. The molecule has 15 heavy (non-hydrogen) atoms. The average molecular weight is 212 g/mol. The molecule has 0 aromatic rings. The Bertz CT molecular complexity index is 266. The van der Waals surface area contributed by atoms with Crippen molar-refractivity contribution in [3.63, 3.8) is 0 Å². The third kappa shape index (κ3) is 7.49. The summed E-state index contributed by atoms with van der Waals surface area (Å²) in [5.74, 6) is -0.876. The Labute approximate surface area is 89.6 Å². The van der Waals surface area contributed by atoms with E-state index in [4.69, 9.17) is 9.47 Å². The number of hydrogen-bond donors (Lipinski definition) is 0. The molecule has 0 aliphatic carbocycles. The van der Waals surface area contributed by atoms with E-state index >= 15 is 0 Å². The molecule has 0 spiro atoms. The lowest BCUT2D eigenvalue weighted by Gasteiger charge is -2.11. The summed E-state index contributed by atoms with van der Waals surface area (Å²) in [5.41, 5.74) is 0. The predicted octanol–water partition coefficient (Wildman–Crippen LogP) is 1.61. The highest BCUT2D eigenvalue weighted by atomic mass is 16.6. The Hall–Kier alpha value is -1.58. The number of carbonyl (C=O) groups excluding carboxylic acids is 2. The zero-order valence-electron chi connectivity index (χ0n) is 9.23. The van der Waals surface area contributed by atoms with Gasteiger partial charge in [-0.2, -0.15) is 0 Å². The number of allylic oxidation sites excluding steroid dienone is 2. The van der Waals surface area contributed by atoms with E-state index in [0.29, 0.717) is 0 Å². The zero-order valence-corrected chi connectivity index (χ0v) is 9.23. The Morgan fingerprint density at radius 3 is 2.20 bits per heavy atom. The lowest BCUT2D eigenvalue weighted by atomic mass is 10.4. The molecule has 0 heterocycles. The molecule has 0 N–H and O–H groups in total. The fourth-order valence-corrected chi connectivity index (χ4v) is 0.791. The maximum atomic E-state index is 11.0. The van der Waals surface area contributed by atoms with Crippen LogP contribution in [0, 0.1) is 0 Å². The number of hydrogen-bond acceptors (Lipinski definition) is 4. The summed E-state index contributed by atoms with van der Waals surface area (Å²) in [6, 6.07) is 0. The molecule has 0 rings (SSSR count). The van der Waals surface area contributed by atoms with E-state index < -0.39 is 18.0 Å². The van der Waals surface area contributed by atoms with Crippen LogP contribution >= 0.6 is 0 Å². The normalized spacial score (nSPS) is 13.0. The van der Waals surface area contributed by atoms with E-state index in [9.17, 15) is 9.59 Å². The summed E-state index contributed by atoms with van der Waals surface area (Å²) >= 11 is 0. The summed E-state index contributed by atoms with van der Waals surface area (Å²) in [5, 5.41) is 0. The molecule has 4 heteroatoms. The molecule has 1 atom stereocenters. The van der Waals surface area contributed by atoms with Crippen LogP contribution in [-0.2, 0) is 19.1 Å². The van der Waals surface area contributed by atoms with E-state index in [2.05, 4.69) is 0 Å². The van der Waals surface area contributed by atoms with Crippen molar-refractivity contribution >= 4 is 11.9 Å². The van der Waals surface area contributed by atoms with E-state index in [-0.39, 0.29) is 6.61 Å². The van der Waals surface area contributed by atoms with Crippen LogP contribution in [0.1, 0.15) is 20.8 Å². The molecule has 84 valence electrons. The van der Waals surface area contributed by atoms with Gasteiger partial charge in [-0.15, -0.1) is 0 Å². The van der Waals surface area contributed by atoms with Crippen LogP contribution in [-0.4, -0.2) is 24.6 Å². The van der Waals surface area contributed by atoms with Crippen molar-refractivity contribution < 1.29 is 19.1 Å². The first-order valence-electron chi connectivity index (χ1n) is 4.73. The fraction of sp³-hybridized carbons (Fsp3) is 0.455. The molecule has 0 aromatic carbocycles. The Kier molecular flexibility index (Phi) is 6.97. The molecule has 1 unspecified atom stereocenters. The largest absolute Gasteiger partial charge is 0.459 e. The van der Waals surface area contributed by atoms with Crippen molar-refractivity contribution in [2.24, 2.45) is 0 Å². The molecule has 0 amide bonds. The molecule has 0 saturated heterocycles. The maximum Gasteiger partial charge on any atom is 0.330 e. The number of esters is 2. The SMILES string of the molecule is C/C=C\C(=O)OCC(C)OC(=O)/C=C\C. The zero-order chi connectivity index (χ0) is 11.7. The van der Waals surface area contributed by atoms with Gasteiger partial charge >= 0.3 is 11.9 Å². The van der Waals surface area contributed by atoms with Crippen LogP contribution in [0.5, 0.6) is 0 Å². The van der Waals surface area contributed by atoms with Crippen LogP contribution in [0.25, 0.3) is 0 Å². The fourth-order valence-electron chi connectivity index (χ4n) is 0.791. The summed E-state index contributed by atoms with van der Waals surface area (Å²) < 4.78 is 9.69. The first-order valence-corrected chi connectivity index (χ1v) is 4.73. The third-order valence-electron chi connectivity index (χ3n) is 1.38. The van der Waals surface area contributed by atoms with Gasteiger partial charge in [0.05, 0.1) is 0 Å². The first-order chi connectivity index (χ1) is 7.10. The van der Waals surface area contributed by atoms with Gasteiger partial charge in [-0.3, -0.25) is 0 Å². The highest BCUT2D eigenvalue weighted by molar-refractivity contribution is 5.82. The predicted molar refractivity (Wildman–Crippen MR) is 56.1 cm³/mol. The van der Waals surface area contributed by atoms with Gasteiger partial charge in [-0.1, -0.05) is 12.2 Å². The number of rotatable bonds is 5. The molecule has 0 aliphatic heterocycles. The second-order valence-corrected chi connectivity index (χ2v) is 2.88. The van der Waals surface area contributed by atoms with Gasteiger partial charge in [0, 0.05) is 12.2 Å². The molecular weight excluding hydrogens is 196 g/mol. The topological polar surface area (TPSA) is 52.6 Å². The smallest absolute Gasteiger partial charge is 0.330 e. The summed E-state index contributed by atoms with van der Waals surface area (Å²) in [7, 11) is 0. The second-order valence-electron chi connectivity index (χ2n) is 2.88. The lowest BCUT2D eigenvalue weighted by molar-refractivity contribution is -0.151. The first kappa shape index (κ1) is 13.4. The monoisotopic (exact) mass is 212 g/mol. The Balaban J connectivity index is 3.79. The summed E-state index contributed by atoms with van der Waals surface area (Å²) in [6.45, 7) is 5.16. The van der Waals surface area contributed by atoms with Gasteiger partial charge in [-0.05, 0) is 20.8 Å². The quantitative estimate of drug-likeness (QED) is 0.513. The minimum Gasteiger partial charge on any atom is -0.459 e. The van der Waals surface area contributed by atoms with Crippen molar-refractivity contribution in [1.29, 1.82) is 0 Å². The van der Waals surface area contributed by atoms with E-state index in [1.54, 1.807) is 32.9 Å². The molecule has 0 radical (unpaired) electrons. The van der Waals surface area contributed by atoms with Crippen molar-refractivity contribution in [3.05, 3.63) is 24.3 Å². The summed E-state index contributed by atoms with van der Waals surface area (Å²) in [4.78, 5) is 21.9. The molecular formula is C11H16O4. The van der Waals surface area contributed by atoms with E-state index in [0.717, 1.165) is 0 Å². The van der Waals surface area contributed by atoms with Gasteiger partial charge in [0.25, 0.3) is 0 Å². The Morgan fingerprint density at radius 2 is 1.67 bits per heavy atom. The van der Waals surface area contributed by atoms with Crippen LogP contribution in [0.2, 0.25) is 0 Å². The Morgan fingerprint density at radius 1 is 1.13 bits per heavy atom. The highest BCUT2D eigenvalue weighted by Crippen LogP contribution is 1.95. The lowest BCUT2D eigenvalue weighted by Crippen LogP contribution is -2.20. The van der Waals surface area contributed by atoms with E-state index in [1.807, 2.05) is 0 Å². The van der Waals surface area contributed by atoms with Crippen LogP contribution < -0.4 is 0 Å². The third-order valence-corrected chi connectivity index (χ3v) is 1.38. The summed E-state index contributed by atoms with van der Waals surface area (Å²) in [6.07, 6.45) is 5.34. The van der Waals surface area contributed by atoms with E-state index in [1.165, 1.54) is 12.2 Å². The number of carbonyl (C=O) groups is 2. The van der Waals surface area contributed by atoms with Gasteiger partial charge < -0.3 is 9.47 Å². The van der Waals surface area contributed by atoms with Crippen LogP contribution in [0.15, 0.2) is 24.3 Å². The standard InChI is InChI=1S/C11H16O4/c1-4-6-10(12)14-8-9(3)15-11(13)7-5-2/h4-7,9H,8H2,1-3H3/b6-4-,7-5-. The molecule has 0 fully saturated rings. The van der Waals surface area contributed by atoms with Gasteiger partial charge in [0.15, 0.2) is 0 Å². The van der Waals surface area contributed by atoms with Gasteiger partial charge in [0.2, 0.25) is 0 Å². The van der Waals surface area contributed by atoms with Crippen LogP contribution in [0.3, 0.4) is 0 Å². The minimum absolute atomic E-state index is 0.0620. The number of ether oxygens (including phenoxy) is 2. The molecule has 4 nitrogen and oxygen atoms in total. The van der Waals surface area contributed by atoms with Crippen molar-refractivity contribution in [2.45, 2.75) is 26.9 Å². The molecule has 0 saturated carbocycles. The van der Waals surface area contributed by atoms with Crippen LogP contribution in [0.4, 0.5) is 0 Å². The highest BCUT2D eigenvalue weighted by Gasteiger charge is 2.08. The van der Waals surface area contributed by atoms with Crippen molar-refractivity contribution in [3.8, 4) is 0 Å². The van der Waals surface area contributed by atoms with Gasteiger partial charge in [0.1, 0.15) is 12.7 Å². The molecule has 0 bridgehead atoms. The minimum atomic E-state index is -0.442. The average Bonchev–Trinajstić information content (AvgIpc) is 2.15.